The fourth-order valence-electron chi connectivity index (χ4n) is 7.70. The molecule has 5 heteroatoms. The fourth-order valence-corrected chi connectivity index (χ4v) is 7.70. The van der Waals surface area contributed by atoms with Crippen molar-refractivity contribution in [1.82, 2.24) is 25.2 Å². The Balaban J connectivity index is 1.09. The maximum Gasteiger partial charge on any atom is 0.160 e. The lowest BCUT2D eigenvalue weighted by atomic mass is 10.0. The molecule has 0 fully saturated rings. The fraction of sp³-hybridized carbons (Fsp3) is 0.0417. The van der Waals surface area contributed by atoms with E-state index in [1.807, 2.05) is 24.3 Å². The lowest BCUT2D eigenvalue weighted by Crippen LogP contribution is -2.43. The molecule has 9 aromatic rings. The van der Waals surface area contributed by atoms with Crippen molar-refractivity contribution in [2.24, 2.45) is 0 Å². The first-order valence-electron chi connectivity index (χ1n) is 18.1. The Labute approximate surface area is 307 Å². The highest BCUT2D eigenvalue weighted by Gasteiger charge is 2.27. The third kappa shape index (κ3) is 5.64. The van der Waals surface area contributed by atoms with Crippen LogP contribution < -0.4 is 10.6 Å². The molecule has 2 atom stereocenters. The van der Waals surface area contributed by atoms with Gasteiger partial charge in [-0.1, -0.05) is 152 Å². The Morgan fingerprint density at radius 1 is 0.434 bits per heavy atom. The number of benzene rings is 7. The Morgan fingerprint density at radius 2 is 0.981 bits per heavy atom. The van der Waals surface area contributed by atoms with Gasteiger partial charge in [-0.15, -0.1) is 0 Å². The first-order valence-corrected chi connectivity index (χ1v) is 18.1. The van der Waals surface area contributed by atoms with Crippen LogP contribution in [0.25, 0.3) is 72.2 Å². The minimum absolute atomic E-state index is 0.0232. The Hall–Kier alpha value is -6.82. The van der Waals surface area contributed by atoms with Crippen molar-refractivity contribution < 1.29 is 0 Å². The molecular weight excluding hydrogens is 647 g/mol. The van der Waals surface area contributed by atoms with Crippen LogP contribution in [0.5, 0.6) is 0 Å². The molecule has 0 spiro atoms. The Morgan fingerprint density at radius 3 is 1.68 bits per heavy atom. The average molecular weight is 682 g/mol. The molecule has 7 aromatic carbocycles. The number of nitrogens with zero attached hydrogens (tertiary/aromatic N) is 3. The van der Waals surface area contributed by atoms with Gasteiger partial charge >= 0.3 is 0 Å². The van der Waals surface area contributed by atoms with Gasteiger partial charge in [-0.05, 0) is 58.7 Å². The van der Waals surface area contributed by atoms with Gasteiger partial charge in [-0.3, -0.25) is 5.32 Å². The standard InChI is InChI=1S/C48H35N5/c1-5-15-32(16-6-1)41-31-42(33-17-7-2-8-18-33)52-48(51-41)53-44-24-14-13-23-38(44)39-29-36(26-28-45(39)53)37-25-27-40-43(30-37)50-47(35-21-11-4-12-22-35)46(49-40)34-19-9-3-10-20-34/h1-31,41,48,51-52H. The molecule has 53 heavy (non-hydrogen) atoms. The van der Waals surface area contributed by atoms with Gasteiger partial charge in [0.05, 0.1) is 39.5 Å². The van der Waals surface area contributed by atoms with Gasteiger partial charge in [0.2, 0.25) is 0 Å². The summed E-state index contributed by atoms with van der Waals surface area (Å²) >= 11 is 0. The maximum atomic E-state index is 5.26. The molecule has 10 rings (SSSR count). The summed E-state index contributed by atoms with van der Waals surface area (Å²) in [7, 11) is 0. The summed E-state index contributed by atoms with van der Waals surface area (Å²) in [5, 5.41) is 10.2. The number of nitrogens with one attached hydrogen (secondary N) is 2. The first-order chi connectivity index (χ1) is 26.3. The molecule has 0 saturated heterocycles. The van der Waals surface area contributed by atoms with Gasteiger partial charge in [0, 0.05) is 27.6 Å². The van der Waals surface area contributed by atoms with Crippen LogP contribution in [0.4, 0.5) is 0 Å². The number of hydrogen-bond acceptors (Lipinski definition) is 4. The Kier molecular flexibility index (Phi) is 7.63. The highest BCUT2D eigenvalue weighted by molar-refractivity contribution is 6.09. The van der Waals surface area contributed by atoms with Crippen molar-refractivity contribution in [1.29, 1.82) is 0 Å². The van der Waals surface area contributed by atoms with Gasteiger partial charge in [-0.25, -0.2) is 9.97 Å². The molecule has 2 aromatic heterocycles. The summed E-state index contributed by atoms with van der Waals surface area (Å²) in [5.41, 5.74) is 13.6. The molecule has 0 aliphatic carbocycles. The van der Waals surface area contributed by atoms with E-state index in [4.69, 9.17) is 9.97 Å². The zero-order chi connectivity index (χ0) is 35.1. The molecule has 0 bridgehead atoms. The van der Waals surface area contributed by atoms with Crippen LogP contribution in [-0.2, 0) is 0 Å². The second-order valence-electron chi connectivity index (χ2n) is 13.5. The summed E-state index contributed by atoms with van der Waals surface area (Å²) in [4.78, 5) is 10.4. The molecule has 2 N–H and O–H groups in total. The molecular formula is C48H35N5. The predicted molar refractivity (Wildman–Crippen MR) is 218 cm³/mol. The molecule has 5 nitrogen and oxygen atoms in total. The van der Waals surface area contributed by atoms with Crippen LogP contribution in [0.3, 0.4) is 0 Å². The molecule has 1 aliphatic heterocycles. The number of para-hydroxylation sites is 1. The monoisotopic (exact) mass is 681 g/mol. The van der Waals surface area contributed by atoms with Crippen LogP contribution in [0, 0.1) is 0 Å². The van der Waals surface area contributed by atoms with E-state index < -0.39 is 0 Å². The zero-order valence-electron chi connectivity index (χ0n) is 28.9. The van der Waals surface area contributed by atoms with Crippen molar-refractivity contribution in [2.75, 3.05) is 0 Å². The van der Waals surface area contributed by atoms with E-state index in [9.17, 15) is 0 Å². The molecule has 0 radical (unpaired) electrons. The SMILES string of the molecule is C1=C(c2ccccc2)NC(n2c3ccccc3c3cc(-c4ccc5nc(-c6ccccc6)c(-c6ccccc6)nc5c4)ccc32)NC1c1ccccc1. The van der Waals surface area contributed by atoms with E-state index in [0.717, 1.165) is 67.0 Å². The highest BCUT2D eigenvalue weighted by atomic mass is 15.3. The van der Waals surface area contributed by atoms with Crippen LogP contribution in [0.2, 0.25) is 0 Å². The van der Waals surface area contributed by atoms with Crippen LogP contribution in [0.15, 0.2) is 188 Å². The summed E-state index contributed by atoms with van der Waals surface area (Å²) in [6, 6.07) is 63.9. The number of rotatable bonds is 6. The molecule has 252 valence electrons. The van der Waals surface area contributed by atoms with E-state index in [0.29, 0.717) is 0 Å². The molecule has 1 aliphatic rings. The van der Waals surface area contributed by atoms with E-state index in [2.05, 4.69) is 179 Å². The second-order valence-corrected chi connectivity index (χ2v) is 13.5. The minimum atomic E-state index is -0.195. The second kappa shape index (κ2) is 13.1. The maximum absolute atomic E-state index is 5.26. The highest BCUT2D eigenvalue weighted by Crippen LogP contribution is 2.38. The van der Waals surface area contributed by atoms with Gasteiger partial charge in [-0.2, -0.15) is 0 Å². The van der Waals surface area contributed by atoms with Gasteiger partial charge < -0.3 is 9.88 Å². The quantitative estimate of drug-likeness (QED) is 0.183. The van der Waals surface area contributed by atoms with Crippen LogP contribution >= 0.6 is 0 Å². The van der Waals surface area contributed by atoms with E-state index >= 15 is 0 Å². The summed E-state index contributed by atoms with van der Waals surface area (Å²) < 4.78 is 2.41. The largest absolute Gasteiger partial charge is 0.352 e. The van der Waals surface area contributed by atoms with Crippen molar-refractivity contribution >= 4 is 38.5 Å². The van der Waals surface area contributed by atoms with Gasteiger partial charge in [0.1, 0.15) is 0 Å². The zero-order valence-corrected chi connectivity index (χ0v) is 28.9. The van der Waals surface area contributed by atoms with Crippen molar-refractivity contribution in [3.63, 3.8) is 0 Å². The third-order valence-electron chi connectivity index (χ3n) is 10.3. The van der Waals surface area contributed by atoms with E-state index in [1.54, 1.807) is 0 Å². The van der Waals surface area contributed by atoms with Crippen molar-refractivity contribution in [2.45, 2.75) is 12.3 Å². The predicted octanol–water partition coefficient (Wildman–Crippen LogP) is 11.2. The number of aromatic nitrogens is 3. The summed E-state index contributed by atoms with van der Waals surface area (Å²) in [6.07, 6.45) is 2.10. The van der Waals surface area contributed by atoms with Gasteiger partial charge in [0.15, 0.2) is 6.29 Å². The van der Waals surface area contributed by atoms with E-state index in [-0.39, 0.29) is 12.3 Å². The normalized spacial score (nSPS) is 15.7. The van der Waals surface area contributed by atoms with Crippen molar-refractivity contribution in [3.05, 3.63) is 199 Å². The summed E-state index contributed by atoms with van der Waals surface area (Å²) in [5.74, 6) is 0. The molecule has 3 heterocycles. The third-order valence-corrected chi connectivity index (χ3v) is 10.3. The smallest absolute Gasteiger partial charge is 0.160 e. The average Bonchev–Trinajstić information content (AvgIpc) is 3.58. The number of fused-ring (bicyclic) bond motifs is 4. The Bertz CT molecular complexity index is 2770. The molecule has 0 amide bonds. The van der Waals surface area contributed by atoms with Crippen molar-refractivity contribution in [3.8, 4) is 33.6 Å². The summed E-state index contributed by atoms with van der Waals surface area (Å²) in [6.45, 7) is 0. The lowest BCUT2D eigenvalue weighted by molar-refractivity contribution is 0.350. The lowest BCUT2D eigenvalue weighted by Gasteiger charge is -2.34. The first kappa shape index (κ1) is 31.0. The minimum Gasteiger partial charge on any atom is -0.352 e. The van der Waals surface area contributed by atoms with Crippen LogP contribution in [-0.4, -0.2) is 14.5 Å². The topological polar surface area (TPSA) is 54.8 Å². The van der Waals surface area contributed by atoms with Crippen LogP contribution in [0.1, 0.15) is 23.5 Å². The van der Waals surface area contributed by atoms with E-state index in [1.165, 1.54) is 16.3 Å². The molecule has 2 unspecified atom stereocenters. The number of hydrogen-bond donors (Lipinski definition) is 2. The van der Waals surface area contributed by atoms with Gasteiger partial charge in [0.25, 0.3) is 0 Å². The molecule has 0 saturated carbocycles.